The second kappa shape index (κ2) is 11.0. The molecule has 1 aromatic heterocycles. The maximum absolute atomic E-state index is 10.7. The zero-order valence-electron chi connectivity index (χ0n) is 17.4. The predicted octanol–water partition coefficient (Wildman–Crippen LogP) is 4.62. The highest BCUT2D eigenvalue weighted by atomic mass is 16.5. The molecule has 0 fully saturated rings. The Bertz CT molecular complexity index is 927. The Hall–Kier alpha value is -3.34. The topological polar surface area (TPSA) is 53.7 Å². The maximum atomic E-state index is 10.7. The van der Waals surface area contributed by atoms with Crippen LogP contribution in [0.2, 0.25) is 0 Å². The van der Waals surface area contributed by atoms with Crippen molar-refractivity contribution in [3.63, 3.8) is 0 Å². The van der Waals surface area contributed by atoms with Gasteiger partial charge in [-0.1, -0.05) is 36.4 Å². The maximum Gasteiger partial charge on any atom is 0.303 e. The second-order valence-electron chi connectivity index (χ2n) is 7.07. The fourth-order valence-electron chi connectivity index (χ4n) is 3.38. The highest BCUT2D eigenvalue weighted by Crippen LogP contribution is 2.22. The number of aliphatic carboxylic acids is 1. The van der Waals surface area contributed by atoms with Crippen LogP contribution in [0.4, 0.5) is 11.5 Å². The molecule has 0 spiro atoms. The lowest BCUT2D eigenvalue weighted by Gasteiger charge is -2.19. The van der Waals surface area contributed by atoms with Gasteiger partial charge in [0.2, 0.25) is 0 Å². The number of aryl methyl sites for hydroxylation is 2. The lowest BCUT2D eigenvalue weighted by atomic mass is 10.1. The van der Waals surface area contributed by atoms with Crippen molar-refractivity contribution in [2.24, 2.45) is 0 Å². The number of carboxylic acids is 1. The molecule has 0 aliphatic rings. The van der Waals surface area contributed by atoms with Crippen molar-refractivity contribution in [3.8, 4) is 5.75 Å². The number of carbonyl (C=O) groups is 1. The first-order chi connectivity index (χ1) is 14.7. The Labute approximate surface area is 178 Å². The van der Waals surface area contributed by atoms with Gasteiger partial charge in [0.25, 0.3) is 5.82 Å². The summed E-state index contributed by atoms with van der Waals surface area (Å²) < 4.78 is 8.16. The van der Waals surface area contributed by atoms with Gasteiger partial charge in [-0.05, 0) is 49.2 Å². The highest BCUT2D eigenvalue weighted by molar-refractivity contribution is 5.67. The minimum absolute atomic E-state index is 0.146. The standard InChI is InChI=1S/C25H28N2O3/c1-2-26-18-7-6-11-24(26)27(22-9-4-3-5-10-22)19-8-20-30-23-15-12-21(13-16-23)14-17-25(28)29/h3-7,9-13,15-16,18H,2,8,14,17,19-20H2,1H3/p+1. The predicted molar refractivity (Wildman–Crippen MR) is 118 cm³/mol. The van der Waals surface area contributed by atoms with Gasteiger partial charge in [-0.25, -0.2) is 9.47 Å². The van der Waals surface area contributed by atoms with Crippen LogP contribution in [0.15, 0.2) is 79.0 Å². The number of benzene rings is 2. The van der Waals surface area contributed by atoms with Crippen molar-refractivity contribution in [1.29, 1.82) is 0 Å². The SMILES string of the molecule is CC[n+]1ccccc1N(CCCOc1ccc(CCC(=O)O)cc1)c1ccccc1. The Morgan fingerprint density at radius 2 is 1.73 bits per heavy atom. The third kappa shape index (κ3) is 6.08. The van der Waals surface area contributed by atoms with Crippen LogP contribution in [-0.4, -0.2) is 24.2 Å². The van der Waals surface area contributed by atoms with E-state index in [4.69, 9.17) is 9.84 Å². The normalized spacial score (nSPS) is 10.6. The second-order valence-corrected chi connectivity index (χ2v) is 7.07. The first-order valence-electron chi connectivity index (χ1n) is 10.4. The monoisotopic (exact) mass is 405 g/mol. The number of hydrogen-bond acceptors (Lipinski definition) is 3. The van der Waals surface area contributed by atoms with Gasteiger partial charge in [-0.2, -0.15) is 0 Å². The van der Waals surface area contributed by atoms with Gasteiger partial charge < -0.3 is 9.84 Å². The Balaban J connectivity index is 1.59. The average Bonchev–Trinajstić information content (AvgIpc) is 2.79. The molecule has 156 valence electrons. The zero-order valence-corrected chi connectivity index (χ0v) is 17.4. The van der Waals surface area contributed by atoms with Gasteiger partial charge in [0.05, 0.1) is 25.9 Å². The van der Waals surface area contributed by atoms with Crippen LogP contribution in [0, 0.1) is 0 Å². The number of hydrogen-bond donors (Lipinski definition) is 1. The first-order valence-corrected chi connectivity index (χ1v) is 10.4. The molecule has 5 nitrogen and oxygen atoms in total. The number of anilines is 2. The van der Waals surface area contributed by atoms with Gasteiger partial charge in [-0.15, -0.1) is 0 Å². The molecular weight excluding hydrogens is 376 g/mol. The summed E-state index contributed by atoms with van der Waals surface area (Å²) in [5.41, 5.74) is 2.17. The van der Waals surface area contributed by atoms with Crippen LogP contribution in [0.5, 0.6) is 5.75 Å². The van der Waals surface area contributed by atoms with Gasteiger partial charge in [0.1, 0.15) is 11.4 Å². The summed E-state index contributed by atoms with van der Waals surface area (Å²) in [6, 6.07) is 24.4. The van der Waals surface area contributed by atoms with Crippen LogP contribution in [0.3, 0.4) is 0 Å². The van der Waals surface area contributed by atoms with Crippen LogP contribution in [0.1, 0.15) is 25.3 Å². The van der Waals surface area contributed by atoms with Crippen LogP contribution >= 0.6 is 0 Å². The fourth-order valence-corrected chi connectivity index (χ4v) is 3.38. The Morgan fingerprint density at radius 3 is 2.43 bits per heavy atom. The molecule has 0 aliphatic heterocycles. The molecule has 0 atom stereocenters. The number of para-hydroxylation sites is 1. The van der Waals surface area contributed by atoms with Crippen LogP contribution in [-0.2, 0) is 17.8 Å². The number of rotatable bonds is 11. The molecule has 0 saturated carbocycles. The van der Waals surface area contributed by atoms with E-state index in [1.807, 2.05) is 30.3 Å². The Kier molecular flexibility index (Phi) is 7.84. The molecule has 0 aliphatic carbocycles. The van der Waals surface area contributed by atoms with E-state index in [1.165, 1.54) is 0 Å². The number of nitrogens with zero attached hydrogens (tertiary/aromatic N) is 2. The molecule has 0 amide bonds. The molecule has 3 rings (SSSR count). The lowest BCUT2D eigenvalue weighted by molar-refractivity contribution is -0.681. The largest absolute Gasteiger partial charge is 0.493 e. The smallest absolute Gasteiger partial charge is 0.303 e. The highest BCUT2D eigenvalue weighted by Gasteiger charge is 2.20. The van der Waals surface area contributed by atoms with Crippen molar-refractivity contribution < 1.29 is 19.2 Å². The van der Waals surface area contributed by atoms with E-state index < -0.39 is 5.97 Å². The molecule has 0 radical (unpaired) electrons. The summed E-state index contributed by atoms with van der Waals surface area (Å²) in [5.74, 6) is 1.19. The molecule has 30 heavy (non-hydrogen) atoms. The third-order valence-electron chi connectivity index (χ3n) is 4.95. The lowest BCUT2D eigenvalue weighted by Crippen LogP contribution is -2.40. The molecule has 0 unspecified atom stereocenters. The number of aromatic nitrogens is 1. The Morgan fingerprint density at radius 1 is 1.00 bits per heavy atom. The van der Waals surface area contributed by atoms with Crippen LogP contribution < -0.4 is 14.2 Å². The summed E-state index contributed by atoms with van der Waals surface area (Å²) >= 11 is 0. The van der Waals surface area contributed by atoms with Gasteiger partial charge in [0.15, 0.2) is 0 Å². The summed E-state index contributed by atoms with van der Waals surface area (Å²) in [4.78, 5) is 13.0. The van der Waals surface area contributed by atoms with Crippen molar-refractivity contribution in [3.05, 3.63) is 84.6 Å². The van der Waals surface area contributed by atoms with E-state index in [0.717, 1.165) is 42.3 Å². The fraction of sp³-hybridized carbons (Fsp3) is 0.280. The minimum atomic E-state index is -0.777. The van der Waals surface area contributed by atoms with E-state index in [-0.39, 0.29) is 6.42 Å². The molecule has 1 N–H and O–H groups in total. The zero-order chi connectivity index (χ0) is 21.2. The first kappa shape index (κ1) is 21.4. The third-order valence-corrected chi connectivity index (χ3v) is 4.95. The van der Waals surface area contributed by atoms with Crippen molar-refractivity contribution in [2.75, 3.05) is 18.1 Å². The van der Waals surface area contributed by atoms with E-state index in [0.29, 0.717) is 13.0 Å². The average molecular weight is 406 g/mol. The summed E-state index contributed by atoms with van der Waals surface area (Å²) in [7, 11) is 0. The van der Waals surface area contributed by atoms with Crippen molar-refractivity contribution in [1.82, 2.24) is 0 Å². The van der Waals surface area contributed by atoms with Crippen molar-refractivity contribution in [2.45, 2.75) is 32.7 Å². The van der Waals surface area contributed by atoms with E-state index in [1.54, 1.807) is 0 Å². The van der Waals surface area contributed by atoms with E-state index in [9.17, 15) is 4.79 Å². The summed E-state index contributed by atoms with van der Waals surface area (Å²) in [6.07, 6.45) is 3.66. The molecule has 2 aromatic carbocycles. The van der Waals surface area contributed by atoms with E-state index in [2.05, 4.69) is 65.1 Å². The molecule has 3 aromatic rings. The van der Waals surface area contributed by atoms with Gasteiger partial charge in [-0.3, -0.25) is 4.79 Å². The quantitative estimate of drug-likeness (QED) is 0.374. The summed E-state index contributed by atoms with van der Waals surface area (Å²) in [5, 5.41) is 8.78. The number of carboxylic acid groups (broad SMARTS) is 1. The van der Waals surface area contributed by atoms with E-state index >= 15 is 0 Å². The number of pyridine rings is 1. The molecule has 5 heteroatoms. The van der Waals surface area contributed by atoms with Crippen molar-refractivity contribution >= 4 is 17.5 Å². The molecule has 1 heterocycles. The van der Waals surface area contributed by atoms with Crippen LogP contribution in [0.25, 0.3) is 0 Å². The summed E-state index contributed by atoms with van der Waals surface area (Å²) in [6.45, 7) is 4.50. The minimum Gasteiger partial charge on any atom is -0.493 e. The molecule has 0 bridgehead atoms. The number of ether oxygens (including phenoxy) is 1. The van der Waals surface area contributed by atoms with Gasteiger partial charge >= 0.3 is 5.97 Å². The van der Waals surface area contributed by atoms with Gasteiger partial charge in [0, 0.05) is 18.9 Å². The molecular formula is C25H29N2O3+. The molecule has 0 saturated heterocycles.